The molecule has 88 valence electrons. The molecule has 0 atom stereocenters. The fourth-order valence-electron chi connectivity index (χ4n) is 1.88. The van der Waals surface area contributed by atoms with Gasteiger partial charge in [0, 0.05) is 17.5 Å². The minimum Gasteiger partial charge on any atom is -0.496 e. The fourth-order valence-corrected chi connectivity index (χ4v) is 1.88. The second-order valence-electron chi connectivity index (χ2n) is 3.62. The molecule has 0 spiro atoms. The minimum absolute atomic E-state index is 0.0635. The average Bonchev–Trinajstić information content (AvgIpc) is 2.37. The second-order valence-corrected chi connectivity index (χ2v) is 3.62. The van der Waals surface area contributed by atoms with Crippen LogP contribution in [0.1, 0.15) is 11.1 Å². The molecule has 1 heterocycles. The molecule has 0 aliphatic carbocycles. The maximum Gasteiger partial charge on any atom is 0.128 e. The molecule has 0 bridgehead atoms. The summed E-state index contributed by atoms with van der Waals surface area (Å²) < 4.78 is 5.31. The molecule has 1 aliphatic heterocycles. The standard InChI is InChI=1S/C13H14N2O2/c1-17-12-4-2-3-9-7-10(8-16)15-11(5-6-14)13(9)12/h2-7,14-16H,8H2,1H3/b11-5-,14-6?. The Morgan fingerprint density at radius 2 is 2.29 bits per heavy atom. The summed E-state index contributed by atoms with van der Waals surface area (Å²) in [4.78, 5) is 0. The van der Waals surface area contributed by atoms with E-state index in [9.17, 15) is 5.11 Å². The number of benzene rings is 1. The highest BCUT2D eigenvalue weighted by molar-refractivity contribution is 5.90. The second kappa shape index (κ2) is 4.84. The molecule has 3 N–H and O–H groups in total. The molecule has 0 saturated carbocycles. The monoisotopic (exact) mass is 230 g/mol. The van der Waals surface area contributed by atoms with Crippen molar-refractivity contribution >= 4 is 18.0 Å². The number of fused-ring (bicyclic) bond motifs is 1. The number of allylic oxidation sites excluding steroid dienone is 1. The lowest BCUT2D eigenvalue weighted by atomic mass is 9.98. The molecular formula is C13H14N2O2. The molecule has 0 amide bonds. The van der Waals surface area contributed by atoms with E-state index in [2.05, 4.69) is 5.32 Å². The van der Waals surface area contributed by atoms with Gasteiger partial charge in [0.1, 0.15) is 5.75 Å². The summed E-state index contributed by atoms with van der Waals surface area (Å²) in [5.74, 6) is 0.747. The van der Waals surface area contributed by atoms with Crippen LogP contribution in [0.15, 0.2) is 30.0 Å². The van der Waals surface area contributed by atoms with Crippen molar-refractivity contribution in [3.05, 3.63) is 41.1 Å². The van der Waals surface area contributed by atoms with E-state index in [0.29, 0.717) is 5.70 Å². The van der Waals surface area contributed by atoms with Gasteiger partial charge in [0.15, 0.2) is 0 Å². The third-order valence-corrected chi connectivity index (χ3v) is 2.59. The van der Waals surface area contributed by atoms with Gasteiger partial charge in [0.05, 0.1) is 19.4 Å². The van der Waals surface area contributed by atoms with E-state index in [1.807, 2.05) is 24.3 Å². The third kappa shape index (κ3) is 2.07. The first-order valence-corrected chi connectivity index (χ1v) is 5.26. The van der Waals surface area contributed by atoms with Gasteiger partial charge in [-0.25, -0.2) is 0 Å². The van der Waals surface area contributed by atoms with Crippen LogP contribution < -0.4 is 10.1 Å². The smallest absolute Gasteiger partial charge is 0.128 e. The maximum absolute atomic E-state index is 9.18. The number of rotatable bonds is 3. The molecule has 1 aromatic rings. The van der Waals surface area contributed by atoms with Crippen molar-refractivity contribution in [3.63, 3.8) is 0 Å². The van der Waals surface area contributed by atoms with Crippen LogP contribution >= 0.6 is 0 Å². The van der Waals surface area contributed by atoms with Crippen LogP contribution in [-0.2, 0) is 0 Å². The lowest BCUT2D eigenvalue weighted by Crippen LogP contribution is -2.19. The molecule has 1 aromatic carbocycles. The summed E-state index contributed by atoms with van der Waals surface area (Å²) in [6.45, 7) is -0.0635. The van der Waals surface area contributed by atoms with E-state index in [1.165, 1.54) is 6.21 Å². The van der Waals surface area contributed by atoms with Gasteiger partial charge in [0.25, 0.3) is 0 Å². The largest absolute Gasteiger partial charge is 0.496 e. The highest BCUT2D eigenvalue weighted by atomic mass is 16.5. The lowest BCUT2D eigenvalue weighted by molar-refractivity contribution is 0.326. The topological polar surface area (TPSA) is 65.3 Å². The number of methoxy groups -OCH3 is 1. The summed E-state index contributed by atoms with van der Waals surface area (Å²) >= 11 is 0. The summed E-state index contributed by atoms with van der Waals surface area (Å²) in [6, 6.07) is 5.72. The Bertz CT molecular complexity index is 504. The first-order chi connectivity index (χ1) is 8.30. The number of ether oxygens (including phenoxy) is 1. The molecule has 0 unspecified atom stereocenters. The highest BCUT2D eigenvalue weighted by Gasteiger charge is 2.17. The van der Waals surface area contributed by atoms with Crippen LogP contribution in [-0.4, -0.2) is 25.0 Å². The van der Waals surface area contributed by atoms with Gasteiger partial charge in [-0.2, -0.15) is 0 Å². The summed E-state index contributed by atoms with van der Waals surface area (Å²) in [5, 5.41) is 19.4. The Morgan fingerprint density at radius 3 is 2.94 bits per heavy atom. The van der Waals surface area contributed by atoms with Crippen molar-refractivity contribution < 1.29 is 9.84 Å². The van der Waals surface area contributed by atoms with Crippen molar-refractivity contribution in [2.75, 3.05) is 13.7 Å². The predicted molar refractivity (Wildman–Crippen MR) is 68.0 cm³/mol. The summed E-state index contributed by atoms with van der Waals surface area (Å²) in [6.07, 6.45) is 4.72. The molecule has 1 aliphatic rings. The van der Waals surface area contributed by atoms with E-state index in [-0.39, 0.29) is 6.61 Å². The van der Waals surface area contributed by atoms with Crippen molar-refractivity contribution in [1.29, 1.82) is 5.41 Å². The van der Waals surface area contributed by atoms with Crippen molar-refractivity contribution in [2.24, 2.45) is 0 Å². The first kappa shape index (κ1) is 11.4. The molecule has 4 nitrogen and oxygen atoms in total. The molecule has 0 radical (unpaired) electrons. The molecule has 0 fully saturated rings. The summed E-state index contributed by atoms with van der Waals surface area (Å²) in [5.41, 5.74) is 3.36. The summed E-state index contributed by atoms with van der Waals surface area (Å²) in [7, 11) is 1.61. The van der Waals surface area contributed by atoms with Gasteiger partial charge in [-0.3, -0.25) is 0 Å². The van der Waals surface area contributed by atoms with E-state index >= 15 is 0 Å². The highest BCUT2D eigenvalue weighted by Crippen LogP contribution is 2.32. The van der Waals surface area contributed by atoms with Gasteiger partial charge in [0.2, 0.25) is 0 Å². The Kier molecular flexibility index (Phi) is 3.25. The van der Waals surface area contributed by atoms with Gasteiger partial charge >= 0.3 is 0 Å². The van der Waals surface area contributed by atoms with Gasteiger partial charge in [-0.1, -0.05) is 12.1 Å². The minimum atomic E-state index is -0.0635. The molecule has 4 heteroatoms. The zero-order chi connectivity index (χ0) is 12.3. The Morgan fingerprint density at radius 1 is 1.47 bits per heavy atom. The van der Waals surface area contributed by atoms with Crippen molar-refractivity contribution in [2.45, 2.75) is 0 Å². The predicted octanol–water partition coefficient (Wildman–Crippen LogP) is 1.62. The van der Waals surface area contributed by atoms with E-state index in [0.717, 1.165) is 22.6 Å². The number of aliphatic hydroxyl groups is 1. The molecule has 0 aromatic heterocycles. The number of hydrogen-bond acceptors (Lipinski definition) is 4. The average molecular weight is 230 g/mol. The van der Waals surface area contributed by atoms with Crippen LogP contribution in [0, 0.1) is 5.41 Å². The number of hydrogen-bond donors (Lipinski definition) is 3. The number of aliphatic hydroxyl groups excluding tert-OH is 1. The van der Waals surface area contributed by atoms with Gasteiger partial charge < -0.3 is 20.6 Å². The van der Waals surface area contributed by atoms with Crippen LogP contribution in [0.2, 0.25) is 0 Å². The van der Waals surface area contributed by atoms with Crippen LogP contribution in [0.5, 0.6) is 5.75 Å². The Balaban J connectivity index is 2.63. The fraction of sp³-hybridized carbons (Fsp3) is 0.154. The van der Waals surface area contributed by atoms with Crippen molar-refractivity contribution in [3.8, 4) is 5.75 Å². The normalized spacial score (nSPS) is 15.9. The molecular weight excluding hydrogens is 216 g/mol. The maximum atomic E-state index is 9.18. The molecule has 0 saturated heterocycles. The van der Waals surface area contributed by atoms with Crippen molar-refractivity contribution in [1.82, 2.24) is 5.32 Å². The molecule has 17 heavy (non-hydrogen) atoms. The van der Waals surface area contributed by atoms with Gasteiger partial charge in [-0.15, -0.1) is 0 Å². The Labute approximate surface area is 99.7 Å². The van der Waals surface area contributed by atoms with E-state index < -0.39 is 0 Å². The van der Waals surface area contributed by atoms with Crippen LogP contribution in [0.3, 0.4) is 0 Å². The lowest BCUT2D eigenvalue weighted by Gasteiger charge is -2.22. The number of nitrogens with one attached hydrogen (secondary N) is 2. The zero-order valence-electron chi connectivity index (χ0n) is 9.53. The van der Waals surface area contributed by atoms with Gasteiger partial charge in [-0.05, 0) is 23.8 Å². The SMILES string of the molecule is COc1cccc2c1/C(=C/C=N)NC(CO)=C2. The van der Waals surface area contributed by atoms with E-state index in [4.69, 9.17) is 10.1 Å². The Hall–Kier alpha value is -2.07. The third-order valence-electron chi connectivity index (χ3n) is 2.59. The van der Waals surface area contributed by atoms with Crippen LogP contribution in [0.25, 0.3) is 11.8 Å². The van der Waals surface area contributed by atoms with E-state index in [1.54, 1.807) is 13.2 Å². The quantitative estimate of drug-likeness (QED) is 0.691. The zero-order valence-corrected chi connectivity index (χ0v) is 9.53. The first-order valence-electron chi connectivity index (χ1n) is 5.26. The molecule has 2 rings (SSSR count). The van der Waals surface area contributed by atoms with Crippen LogP contribution in [0.4, 0.5) is 0 Å².